The van der Waals surface area contributed by atoms with Crippen molar-refractivity contribution in [1.29, 1.82) is 0 Å². The van der Waals surface area contributed by atoms with E-state index in [2.05, 4.69) is 4.90 Å². The standard InChI is InChI=1S/C14H25NO3/c1-14(13(16)17)7-4-9-15(11-14)8-2-5-12-6-3-10-18-12/h12H,2-11H2,1H3,(H,16,17). The van der Waals surface area contributed by atoms with Crippen molar-refractivity contribution in [3.63, 3.8) is 0 Å². The summed E-state index contributed by atoms with van der Waals surface area (Å²) in [6.45, 7) is 5.57. The minimum Gasteiger partial charge on any atom is -0.481 e. The molecule has 2 rings (SSSR count). The molecule has 0 aromatic carbocycles. The van der Waals surface area contributed by atoms with Gasteiger partial charge in [0.05, 0.1) is 11.5 Å². The number of hydrogen-bond acceptors (Lipinski definition) is 3. The third-order valence-corrected chi connectivity index (χ3v) is 4.32. The van der Waals surface area contributed by atoms with Gasteiger partial charge in [-0.2, -0.15) is 0 Å². The minimum absolute atomic E-state index is 0.459. The molecule has 0 amide bonds. The zero-order chi connectivity index (χ0) is 13.0. The van der Waals surface area contributed by atoms with Gasteiger partial charge in [-0.15, -0.1) is 0 Å². The van der Waals surface area contributed by atoms with E-state index in [4.69, 9.17) is 4.74 Å². The summed E-state index contributed by atoms with van der Waals surface area (Å²) in [5, 5.41) is 9.27. The van der Waals surface area contributed by atoms with Gasteiger partial charge in [0.2, 0.25) is 0 Å². The Morgan fingerprint density at radius 2 is 2.33 bits per heavy atom. The third kappa shape index (κ3) is 3.45. The van der Waals surface area contributed by atoms with Crippen LogP contribution >= 0.6 is 0 Å². The van der Waals surface area contributed by atoms with Gasteiger partial charge in [-0.3, -0.25) is 4.79 Å². The van der Waals surface area contributed by atoms with Crippen molar-refractivity contribution in [2.45, 2.75) is 51.6 Å². The molecule has 0 aliphatic carbocycles. The highest BCUT2D eigenvalue weighted by Crippen LogP contribution is 2.30. The van der Waals surface area contributed by atoms with Gasteiger partial charge in [-0.25, -0.2) is 0 Å². The molecule has 2 unspecified atom stereocenters. The molecule has 0 spiro atoms. The Hall–Kier alpha value is -0.610. The molecule has 2 atom stereocenters. The minimum atomic E-state index is -0.647. The Kier molecular flexibility index (Phi) is 4.62. The highest BCUT2D eigenvalue weighted by molar-refractivity contribution is 5.74. The van der Waals surface area contributed by atoms with Crippen molar-refractivity contribution in [2.24, 2.45) is 5.41 Å². The lowest BCUT2D eigenvalue weighted by molar-refractivity contribution is -0.151. The Morgan fingerprint density at radius 3 is 3.00 bits per heavy atom. The number of carboxylic acids is 1. The van der Waals surface area contributed by atoms with Gasteiger partial charge in [0.25, 0.3) is 0 Å². The van der Waals surface area contributed by atoms with Crippen molar-refractivity contribution in [1.82, 2.24) is 4.90 Å². The first-order valence-electron chi connectivity index (χ1n) is 7.17. The average Bonchev–Trinajstić information content (AvgIpc) is 2.82. The molecule has 18 heavy (non-hydrogen) atoms. The van der Waals surface area contributed by atoms with E-state index in [0.717, 1.165) is 45.4 Å². The predicted octanol–water partition coefficient (Wildman–Crippen LogP) is 2.13. The van der Waals surface area contributed by atoms with Crippen molar-refractivity contribution in [3.8, 4) is 0 Å². The fraction of sp³-hybridized carbons (Fsp3) is 0.929. The number of hydrogen-bond donors (Lipinski definition) is 1. The monoisotopic (exact) mass is 255 g/mol. The van der Waals surface area contributed by atoms with Crippen LogP contribution in [0.1, 0.15) is 45.4 Å². The average molecular weight is 255 g/mol. The van der Waals surface area contributed by atoms with Crippen molar-refractivity contribution < 1.29 is 14.6 Å². The molecule has 104 valence electrons. The Labute approximate surface area is 109 Å². The summed E-state index contributed by atoms with van der Waals surface area (Å²) >= 11 is 0. The molecule has 2 aliphatic heterocycles. The Balaban J connectivity index is 1.70. The quantitative estimate of drug-likeness (QED) is 0.817. The largest absolute Gasteiger partial charge is 0.481 e. The summed E-state index contributed by atoms with van der Waals surface area (Å²) in [5.74, 6) is -0.647. The molecule has 2 aliphatic rings. The van der Waals surface area contributed by atoms with Gasteiger partial charge in [-0.1, -0.05) is 0 Å². The molecular formula is C14H25NO3. The fourth-order valence-corrected chi connectivity index (χ4v) is 3.12. The van der Waals surface area contributed by atoms with E-state index in [1.54, 1.807) is 0 Å². The van der Waals surface area contributed by atoms with Crippen molar-refractivity contribution >= 4 is 5.97 Å². The van der Waals surface area contributed by atoms with Gasteiger partial charge >= 0.3 is 5.97 Å². The fourth-order valence-electron chi connectivity index (χ4n) is 3.12. The van der Waals surface area contributed by atoms with Crippen molar-refractivity contribution in [2.75, 3.05) is 26.2 Å². The van der Waals surface area contributed by atoms with E-state index in [9.17, 15) is 9.90 Å². The first kappa shape index (κ1) is 13.8. The van der Waals surface area contributed by atoms with Crippen LogP contribution in [0, 0.1) is 5.41 Å². The van der Waals surface area contributed by atoms with Crippen LogP contribution in [0.2, 0.25) is 0 Å². The molecule has 1 N–H and O–H groups in total. The molecule has 4 nitrogen and oxygen atoms in total. The lowest BCUT2D eigenvalue weighted by atomic mass is 9.82. The van der Waals surface area contributed by atoms with Gasteiger partial charge < -0.3 is 14.7 Å². The first-order valence-corrected chi connectivity index (χ1v) is 7.17. The maximum atomic E-state index is 11.3. The van der Waals surface area contributed by atoms with Crippen LogP contribution in [-0.2, 0) is 9.53 Å². The van der Waals surface area contributed by atoms with Crippen LogP contribution < -0.4 is 0 Å². The normalized spacial score (nSPS) is 33.7. The summed E-state index contributed by atoms with van der Waals surface area (Å²) in [4.78, 5) is 13.6. The first-order chi connectivity index (χ1) is 8.60. The van der Waals surface area contributed by atoms with E-state index in [1.807, 2.05) is 6.92 Å². The van der Waals surface area contributed by atoms with Crippen LogP contribution in [0.3, 0.4) is 0 Å². The number of ether oxygens (including phenoxy) is 1. The molecule has 0 bridgehead atoms. The maximum Gasteiger partial charge on any atom is 0.310 e. The Morgan fingerprint density at radius 1 is 1.50 bits per heavy atom. The van der Waals surface area contributed by atoms with Crippen molar-refractivity contribution in [3.05, 3.63) is 0 Å². The summed E-state index contributed by atoms with van der Waals surface area (Å²) in [6, 6.07) is 0. The second-order valence-electron chi connectivity index (χ2n) is 6.02. The molecule has 0 radical (unpaired) electrons. The maximum absolute atomic E-state index is 11.3. The summed E-state index contributed by atoms with van der Waals surface area (Å²) in [5.41, 5.74) is -0.540. The smallest absolute Gasteiger partial charge is 0.310 e. The molecule has 2 saturated heterocycles. The van der Waals surface area contributed by atoms with E-state index < -0.39 is 11.4 Å². The highest BCUT2D eigenvalue weighted by Gasteiger charge is 2.37. The van der Waals surface area contributed by atoms with Gasteiger partial charge in [0.15, 0.2) is 0 Å². The lowest BCUT2D eigenvalue weighted by Gasteiger charge is -2.37. The molecule has 2 fully saturated rings. The second kappa shape index (κ2) is 6.02. The number of piperidine rings is 1. The number of carbonyl (C=O) groups is 1. The van der Waals surface area contributed by atoms with E-state index in [-0.39, 0.29) is 0 Å². The SMILES string of the molecule is CC1(C(=O)O)CCCN(CCCC2CCCO2)C1. The number of rotatable bonds is 5. The van der Waals surface area contributed by atoms with Gasteiger partial charge in [-0.05, 0) is 58.5 Å². The van der Waals surface area contributed by atoms with Crippen LogP contribution in [-0.4, -0.2) is 48.3 Å². The second-order valence-corrected chi connectivity index (χ2v) is 6.02. The number of nitrogens with zero attached hydrogens (tertiary/aromatic N) is 1. The Bertz CT molecular complexity index is 289. The number of likely N-dealkylation sites (tertiary alicyclic amines) is 1. The van der Waals surface area contributed by atoms with Crippen LogP contribution in [0.15, 0.2) is 0 Å². The summed E-state index contributed by atoms with van der Waals surface area (Å²) < 4.78 is 5.61. The highest BCUT2D eigenvalue weighted by atomic mass is 16.5. The predicted molar refractivity (Wildman–Crippen MR) is 69.6 cm³/mol. The van der Waals surface area contributed by atoms with E-state index >= 15 is 0 Å². The van der Waals surface area contributed by atoms with Crippen LogP contribution in [0.4, 0.5) is 0 Å². The zero-order valence-electron chi connectivity index (χ0n) is 11.4. The van der Waals surface area contributed by atoms with Crippen LogP contribution in [0.5, 0.6) is 0 Å². The number of carboxylic acid groups (broad SMARTS) is 1. The lowest BCUT2D eigenvalue weighted by Crippen LogP contribution is -2.46. The summed E-state index contributed by atoms with van der Waals surface area (Å²) in [6.07, 6.45) is 6.92. The summed E-state index contributed by atoms with van der Waals surface area (Å²) in [7, 11) is 0. The van der Waals surface area contributed by atoms with Crippen LogP contribution in [0.25, 0.3) is 0 Å². The molecule has 0 aromatic rings. The van der Waals surface area contributed by atoms with E-state index in [1.165, 1.54) is 12.8 Å². The van der Waals surface area contributed by atoms with Gasteiger partial charge in [0.1, 0.15) is 0 Å². The molecule has 0 aromatic heterocycles. The topological polar surface area (TPSA) is 49.8 Å². The third-order valence-electron chi connectivity index (χ3n) is 4.32. The molecule has 2 heterocycles. The van der Waals surface area contributed by atoms with E-state index in [0.29, 0.717) is 12.6 Å². The zero-order valence-corrected chi connectivity index (χ0v) is 11.4. The molecule has 4 heteroatoms. The molecule has 0 saturated carbocycles. The molecular weight excluding hydrogens is 230 g/mol. The number of aliphatic carboxylic acids is 1. The van der Waals surface area contributed by atoms with Gasteiger partial charge in [0, 0.05) is 13.2 Å².